The largest absolute Gasteiger partial charge is 0.384 e. The zero-order valence-corrected chi connectivity index (χ0v) is 18.3. The molecule has 0 spiro atoms. The Morgan fingerprint density at radius 2 is 1.83 bits per heavy atom. The molecule has 1 aromatic heterocycles. The summed E-state index contributed by atoms with van der Waals surface area (Å²) in [4.78, 5) is 31.8. The lowest BCUT2D eigenvalue weighted by Crippen LogP contribution is -2.47. The number of pyridine rings is 1. The number of anilines is 1. The van der Waals surface area contributed by atoms with E-state index >= 15 is 0 Å². The van der Waals surface area contributed by atoms with E-state index in [1.165, 1.54) is 0 Å². The van der Waals surface area contributed by atoms with Gasteiger partial charge in [0.1, 0.15) is 5.82 Å². The molecule has 0 aliphatic carbocycles. The number of aromatic nitrogens is 1. The molecule has 0 aliphatic rings. The zero-order valence-electron chi connectivity index (χ0n) is 18.3. The summed E-state index contributed by atoms with van der Waals surface area (Å²) in [5, 5.41) is 5.92. The lowest BCUT2D eigenvalue weighted by atomic mass is 9.96. The quantitative estimate of drug-likeness (QED) is 0.557. The predicted molar refractivity (Wildman–Crippen MR) is 120 cm³/mol. The molecule has 4 N–H and O–H groups in total. The number of likely N-dealkylation sites (N-methyl/N-ethyl adjacent to an activating group) is 1. The number of nitrogen functional groups attached to an aromatic ring is 1. The molecule has 1 aromatic carbocycles. The highest BCUT2D eigenvalue weighted by molar-refractivity contribution is 5.86. The normalized spacial score (nSPS) is 13.0. The van der Waals surface area contributed by atoms with Gasteiger partial charge in [-0.3, -0.25) is 14.5 Å². The van der Waals surface area contributed by atoms with Gasteiger partial charge in [-0.05, 0) is 44.1 Å². The molecule has 30 heavy (non-hydrogen) atoms. The van der Waals surface area contributed by atoms with E-state index in [1.807, 2.05) is 58.0 Å². The van der Waals surface area contributed by atoms with Gasteiger partial charge in [-0.25, -0.2) is 4.98 Å². The van der Waals surface area contributed by atoms with Crippen LogP contribution < -0.4 is 16.4 Å². The van der Waals surface area contributed by atoms with Gasteiger partial charge in [0, 0.05) is 19.3 Å². The minimum absolute atomic E-state index is 0.0770. The van der Waals surface area contributed by atoms with E-state index in [0.717, 1.165) is 29.8 Å². The van der Waals surface area contributed by atoms with Crippen molar-refractivity contribution in [3.63, 3.8) is 0 Å². The summed E-state index contributed by atoms with van der Waals surface area (Å²) >= 11 is 0. The number of benzene rings is 1. The van der Waals surface area contributed by atoms with Gasteiger partial charge in [0.25, 0.3) is 0 Å². The van der Waals surface area contributed by atoms with Crippen molar-refractivity contribution in [3.8, 4) is 0 Å². The van der Waals surface area contributed by atoms with Crippen molar-refractivity contribution >= 4 is 17.6 Å². The summed E-state index contributed by atoms with van der Waals surface area (Å²) in [7, 11) is 0. The average molecular weight is 412 g/mol. The van der Waals surface area contributed by atoms with E-state index < -0.39 is 5.92 Å². The first-order chi connectivity index (χ1) is 14.3. The van der Waals surface area contributed by atoms with Crippen LogP contribution in [0, 0.1) is 6.92 Å². The van der Waals surface area contributed by atoms with Crippen LogP contribution in [0.4, 0.5) is 5.82 Å². The van der Waals surface area contributed by atoms with Gasteiger partial charge in [-0.15, -0.1) is 0 Å². The summed E-state index contributed by atoms with van der Waals surface area (Å²) in [5.74, 6) is -0.271. The van der Waals surface area contributed by atoms with Gasteiger partial charge >= 0.3 is 0 Å². The number of aryl methyl sites for hydroxylation is 1. The van der Waals surface area contributed by atoms with Crippen LogP contribution in [0.1, 0.15) is 43.4 Å². The molecule has 2 aromatic rings. The summed E-state index contributed by atoms with van der Waals surface area (Å²) in [6.45, 7) is 10.1. The molecule has 0 saturated heterocycles. The number of hydrogen-bond acceptors (Lipinski definition) is 5. The van der Waals surface area contributed by atoms with Crippen LogP contribution in [0.2, 0.25) is 0 Å². The number of nitrogens with one attached hydrogen (secondary N) is 2. The number of rotatable bonds is 10. The maximum atomic E-state index is 13.0. The maximum Gasteiger partial charge on any atom is 0.237 e. The number of carbonyl (C=O) groups excluding carboxylic acids is 2. The first-order valence-corrected chi connectivity index (χ1v) is 10.4. The van der Waals surface area contributed by atoms with E-state index in [1.54, 1.807) is 12.3 Å². The molecule has 0 fully saturated rings. The molecule has 162 valence electrons. The minimum atomic E-state index is -0.487. The van der Waals surface area contributed by atoms with Crippen LogP contribution in [0.5, 0.6) is 0 Å². The molecular formula is C23H33N5O2. The van der Waals surface area contributed by atoms with Gasteiger partial charge in [0.2, 0.25) is 11.8 Å². The van der Waals surface area contributed by atoms with E-state index in [0.29, 0.717) is 12.4 Å². The summed E-state index contributed by atoms with van der Waals surface area (Å²) in [6, 6.07) is 11.1. The molecule has 2 amide bonds. The molecule has 0 aliphatic heterocycles. The summed E-state index contributed by atoms with van der Waals surface area (Å²) in [6.07, 6.45) is 1.64. The second kappa shape index (κ2) is 11.3. The molecule has 2 atom stereocenters. The van der Waals surface area contributed by atoms with Crippen molar-refractivity contribution in [3.05, 3.63) is 59.3 Å². The zero-order chi connectivity index (χ0) is 22.1. The number of carbonyl (C=O) groups is 2. The van der Waals surface area contributed by atoms with Crippen LogP contribution in [-0.4, -0.2) is 47.4 Å². The molecule has 7 nitrogen and oxygen atoms in total. The molecule has 1 heterocycles. The van der Waals surface area contributed by atoms with Crippen LogP contribution >= 0.6 is 0 Å². The number of hydrogen-bond donors (Lipinski definition) is 3. The third kappa shape index (κ3) is 6.56. The number of nitrogens with zero attached hydrogens (tertiary/aromatic N) is 2. The fourth-order valence-corrected chi connectivity index (χ4v) is 3.39. The van der Waals surface area contributed by atoms with Crippen LogP contribution in [0.15, 0.2) is 42.6 Å². The predicted octanol–water partition coefficient (Wildman–Crippen LogP) is 2.22. The SMILES string of the molecule is CCN(CC)[C@@H](C)C(=O)NC[C@H](C(=O)NCc1ccc(N)nc1)c1cccc(C)c1. The lowest BCUT2D eigenvalue weighted by molar-refractivity contribution is -0.126. The topological polar surface area (TPSA) is 100 Å². The molecular weight excluding hydrogens is 378 g/mol. The molecule has 2 rings (SSSR count). The minimum Gasteiger partial charge on any atom is -0.384 e. The van der Waals surface area contributed by atoms with Gasteiger partial charge < -0.3 is 16.4 Å². The van der Waals surface area contributed by atoms with Crippen molar-refractivity contribution in [2.24, 2.45) is 0 Å². The van der Waals surface area contributed by atoms with E-state index in [4.69, 9.17) is 5.73 Å². The van der Waals surface area contributed by atoms with Crippen molar-refractivity contribution in [2.75, 3.05) is 25.4 Å². The van der Waals surface area contributed by atoms with Crippen molar-refractivity contribution < 1.29 is 9.59 Å². The van der Waals surface area contributed by atoms with Crippen LogP contribution in [0.25, 0.3) is 0 Å². The highest BCUT2D eigenvalue weighted by atomic mass is 16.2. The monoisotopic (exact) mass is 411 g/mol. The summed E-state index contributed by atoms with van der Waals surface area (Å²) < 4.78 is 0. The lowest BCUT2D eigenvalue weighted by Gasteiger charge is -2.26. The van der Waals surface area contributed by atoms with Gasteiger partial charge in [-0.2, -0.15) is 0 Å². The van der Waals surface area contributed by atoms with Crippen molar-refractivity contribution in [2.45, 2.75) is 46.2 Å². The van der Waals surface area contributed by atoms with Crippen molar-refractivity contribution in [1.82, 2.24) is 20.5 Å². The first-order valence-electron chi connectivity index (χ1n) is 10.4. The number of amides is 2. The smallest absolute Gasteiger partial charge is 0.237 e. The standard InChI is InChI=1S/C23H33N5O2/c1-5-28(6-2)17(4)22(29)27-15-20(19-9-7-8-16(3)12-19)23(30)26-14-18-10-11-21(24)25-13-18/h7-13,17,20H,5-6,14-15H2,1-4H3,(H2,24,25)(H,26,30)(H,27,29)/t17-,20-/m0/s1. The first kappa shape index (κ1) is 23.3. The summed E-state index contributed by atoms with van der Waals surface area (Å²) in [5.41, 5.74) is 8.41. The Kier molecular flexibility index (Phi) is 8.80. The third-order valence-corrected chi connectivity index (χ3v) is 5.30. The van der Waals surface area contributed by atoms with Gasteiger partial charge in [0.05, 0.1) is 12.0 Å². The Hall–Kier alpha value is -2.93. The number of nitrogens with two attached hydrogens (primary N) is 1. The maximum absolute atomic E-state index is 13.0. The fourth-order valence-electron chi connectivity index (χ4n) is 3.39. The molecule has 0 unspecified atom stereocenters. The second-order valence-electron chi connectivity index (χ2n) is 7.42. The highest BCUT2D eigenvalue weighted by Crippen LogP contribution is 2.17. The Morgan fingerprint density at radius 3 is 2.43 bits per heavy atom. The Labute approximate surface area is 179 Å². The average Bonchev–Trinajstić information content (AvgIpc) is 2.74. The van der Waals surface area contributed by atoms with Gasteiger partial charge in [0.15, 0.2) is 0 Å². The van der Waals surface area contributed by atoms with Gasteiger partial charge in [-0.1, -0.05) is 49.7 Å². The molecule has 0 radical (unpaired) electrons. The van der Waals surface area contributed by atoms with E-state index in [2.05, 4.69) is 20.5 Å². The highest BCUT2D eigenvalue weighted by Gasteiger charge is 2.24. The van der Waals surface area contributed by atoms with E-state index in [9.17, 15) is 9.59 Å². The Morgan fingerprint density at radius 1 is 1.10 bits per heavy atom. The molecule has 0 bridgehead atoms. The Balaban J connectivity index is 2.09. The second-order valence-corrected chi connectivity index (χ2v) is 7.42. The van der Waals surface area contributed by atoms with E-state index in [-0.39, 0.29) is 24.4 Å². The molecule has 7 heteroatoms. The fraction of sp³-hybridized carbons (Fsp3) is 0.435. The molecule has 0 saturated carbocycles. The van der Waals surface area contributed by atoms with Crippen LogP contribution in [0.3, 0.4) is 0 Å². The van der Waals surface area contributed by atoms with Crippen molar-refractivity contribution in [1.29, 1.82) is 0 Å². The van der Waals surface area contributed by atoms with Crippen LogP contribution in [-0.2, 0) is 16.1 Å². The Bertz CT molecular complexity index is 834. The third-order valence-electron chi connectivity index (χ3n) is 5.30.